The van der Waals surface area contributed by atoms with Crippen molar-refractivity contribution < 1.29 is 4.79 Å². The van der Waals surface area contributed by atoms with Crippen LogP contribution in [0.3, 0.4) is 0 Å². The number of aromatic amines is 1. The van der Waals surface area contributed by atoms with Gasteiger partial charge in [-0.1, -0.05) is 29.8 Å². The van der Waals surface area contributed by atoms with Gasteiger partial charge in [0, 0.05) is 11.2 Å². The molecule has 0 aliphatic carbocycles. The van der Waals surface area contributed by atoms with Gasteiger partial charge >= 0.3 is 0 Å². The zero-order valence-electron chi connectivity index (χ0n) is 12.8. The van der Waals surface area contributed by atoms with Crippen molar-refractivity contribution in [2.75, 3.05) is 0 Å². The van der Waals surface area contributed by atoms with Crippen LogP contribution in [-0.4, -0.2) is 20.7 Å². The van der Waals surface area contributed by atoms with E-state index in [0.717, 1.165) is 16.6 Å². The molecule has 2 aromatic heterocycles. The van der Waals surface area contributed by atoms with E-state index in [2.05, 4.69) is 15.0 Å². The number of allylic oxidation sites excluding steroid dienone is 1. The number of ketones is 1. The molecule has 1 N–H and O–H groups in total. The summed E-state index contributed by atoms with van der Waals surface area (Å²) >= 11 is 5.91. The van der Waals surface area contributed by atoms with Crippen molar-refractivity contribution in [1.29, 1.82) is 5.26 Å². The molecular weight excluding hydrogens is 324 g/mol. The van der Waals surface area contributed by atoms with E-state index in [9.17, 15) is 10.1 Å². The highest BCUT2D eigenvalue weighted by atomic mass is 35.5. The van der Waals surface area contributed by atoms with Gasteiger partial charge in [0.1, 0.15) is 5.82 Å². The number of nitrogens with zero attached hydrogens (tertiary/aromatic N) is 3. The van der Waals surface area contributed by atoms with E-state index >= 15 is 0 Å². The molecule has 5 nitrogen and oxygen atoms in total. The maximum absolute atomic E-state index is 12.4. The van der Waals surface area contributed by atoms with Gasteiger partial charge < -0.3 is 4.98 Å². The number of aryl methyl sites for hydroxylation is 1. The molecule has 1 aromatic carbocycles. The van der Waals surface area contributed by atoms with Crippen LogP contribution >= 0.6 is 11.6 Å². The quantitative estimate of drug-likeness (QED) is 0.734. The molecule has 0 spiro atoms. The topological polar surface area (TPSA) is 82.4 Å². The zero-order valence-corrected chi connectivity index (χ0v) is 13.6. The number of rotatable bonds is 4. The van der Waals surface area contributed by atoms with Gasteiger partial charge in [-0.15, -0.1) is 0 Å². The van der Waals surface area contributed by atoms with Crippen molar-refractivity contribution in [3.63, 3.8) is 0 Å². The minimum Gasteiger partial charge on any atom is -0.339 e. The number of pyridine rings is 1. The van der Waals surface area contributed by atoms with Crippen molar-refractivity contribution in [2.24, 2.45) is 0 Å². The van der Waals surface area contributed by atoms with Gasteiger partial charge in [-0.05, 0) is 42.3 Å². The first-order valence-electron chi connectivity index (χ1n) is 7.27. The van der Waals surface area contributed by atoms with Crippen molar-refractivity contribution in [1.82, 2.24) is 15.0 Å². The van der Waals surface area contributed by atoms with Crippen LogP contribution in [0.5, 0.6) is 0 Å². The fourth-order valence-corrected chi connectivity index (χ4v) is 2.53. The van der Waals surface area contributed by atoms with Crippen molar-refractivity contribution >= 4 is 34.6 Å². The summed E-state index contributed by atoms with van der Waals surface area (Å²) in [5.74, 6) is -1.06. The van der Waals surface area contributed by atoms with Gasteiger partial charge in [0.25, 0.3) is 0 Å². The fraction of sp³-hybridized carbons (Fsp3) is 0.111. The number of nitrogens with one attached hydrogen (secondary N) is 1. The predicted molar refractivity (Wildman–Crippen MR) is 92.5 cm³/mol. The molecule has 0 amide bonds. The van der Waals surface area contributed by atoms with E-state index in [0.29, 0.717) is 16.5 Å². The molecule has 118 valence electrons. The van der Waals surface area contributed by atoms with Crippen LogP contribution in [0.4, 0.5) is 0 Å². The summed E-state index contributed by atoms with van der Waals surface area (Å²) in [6.45, 7) is 1.91. The molecule has 1 atom stereocenters. The SMILES string of the molecule is Cc1ccnc2nc([C@@H](C#N)C(=O)/C=C\c3cccc(Cl)c3)[nH]c12. The molecule has 3 rings (SSSR count). The van der Waals surface area contributed by atoms with Crippen LogP contribution in [0.25, 0.3) is 17.2 Å². The van der Waals surface area contributed by atoms with Crippen molar-refractivity contribution in [3.8, 4) is 6.07 Å². The van der Waals surface area contributed by atoms with Crippen molar-refractivity contribution in [2.45, 2.75) is 12.8 Å². The Kier molecular flexibility index (Phi) is 4.41. The van der Waals surface area contributed by atoms with Crippen LogP contribution in [0.1, 0.15) is 22.9 Å². The highest BCUT2D eigenvalue weighted by molar-refractivity contribution is 6.30. The number of halogens is 1. The minimum absolute atomic E-state index is 0.301. The first-order chi connectivity index (χ1) is 11.6. The maximum atomic E-state index is 12.4. The summed E-state index contributed by atoms with van der Waals surface area (Å²) in [7, 11) is 0. The lowest BCUT2D eigenvalue weighted by molar-refractivity contribution is -0.114. The lowest BCUT2D eigenvalue weighted by atomic mass is 10.0. The number of nitriles is 1. The average molecular weight is 337 g/mol. The number of aromatic nitrogens is 3. The number of fused-ring (bicyclic) bond motifs is 1. The number of H-pyrrole nitrogens is 1. The lowest BCUT2D eigenvalue weighted by Gasteiger charge is -2.01. The second-order valence-corrected chi connectivity index (χ2v) is 5.74. The van der Waals surface area contributed by atoms with Crippen LogP contribution < -0.4 is 0 Å². The Hall–Kier alpha value is -2.97. The molecule has 0 saturated carbocycles. The monoisotopic (exact) mass is 336 g/mol. The molecule has 6 heteroatoms. The van der Waals surface area contributed by atoms with Gasteiger partial charge in [-0.2, -0.15) is 5.26 Å². The molecule has 0 aliphatic rings. The predicted octanol–water partition coefficient (Wildman–Crippen LogP) is 3.81. The molecule has 0 radical (unpaired) electrons. The summed E-state index contributed by atoms with van der Waals surface area (Å²) < 4.78 is 0. The third-order valence-electron chi connectivity index (χ3n) is 3.59. The van der Waals surface area contributed by atoms with Gasteiger partial charge in [-0.25, -0.2) is 9.97 Å². The number of carbonyl (C=O) groups excluding carboxylic acids is 1. The Morgan fingerprint density at radius 3 is 2.96 bits per heavy atom. The van der Waals surface area contributed by atoms with Gasteiger partial charge in [-0.3, -0.25) is 4.79 Å². The summed E-state index contributed by atoms with van der Waals surface area (Å²) in [5, 5.41) is 9.96. The van der Waals surface area contributed by atoms with Gasteiger partial charge in [0.05, 0.1) is 11.6 Å². The first-order valence-corrected chi connectivity index (χ1v) is 7.64. The Bertz CT molecular complexity index is 984. The number of carbonyl (C=O) groups is 1. The number of benzene rings is 1. The van der Waals surface area contributed by atoms with Crippen LogP contribution in [0, 0.1) is 18.3 Å². The van der Waals surface area contributed by atoms with Gasteiger partial charge in [0.15, 0.2) is 17.3 Å². The van der Waals surface area contributed by atoms with E-state index < -0.39 is 5.92 Å². The zero-order chi connectivity index (χ0) is 17.1. The summed E-state index contributed by atoms with van der Waals surface area (Å²) in [6, 6.07) is 10.9. The highest BCUT2D eigenvalue weighted by Crippen LogP contribution is 2.20. The smallest absolute Gasteiger partial charge is 0.180 e. The standard InChI is InChI=1S/C18H13ClN4O/c1-11-7-8-21-18-16(11)22-17(23-18)14(10-20)15(24)6-5-12-3-2-4-13(19)9-12/h2-9,14H,1H3,(H,21,22,23)/b6-5-/t14-/m0/s1. The third kappa shape index (κ3) is 3.19. The van der Waals surface area contributed by atoms with E-state index in [1.54, 1.807) is 30.5 Å². The number of imidazole rings is 1. The third-order valence-corrected chi connectivity index (χ3v) is 3.83. The Labute approximate surface area is 143 Å². The lowest BCUT2D eigenvalue weighted by Crippen LogP contribution is -2.09. The second-order valence-electron chi connectivity index (χ2n) is 5.30. The van der Waals surface area contributed by atoms with Gasteiger partial charge in [0.2, 0.25) is 0 Å². The molecule has 3 aromatic rings. The second kappa shape index (κ2) is 6.65. The maximum Gasteiger partial charge on any atom is 0.180 e. The molecule has 0 fully saturated rings. The van der Waals surface area contributed by atoms with Crippen LogP contribution in [0.15, 0.2) is 42.6 Å². The Balaban J connectivity index is 1.88. The normalized spacial score (nSPS) is 12.4. The molecule has 0 aliphatic heterocycles. The van der Waals surface area contributed by atoms with Crippen LogP contribution in [0.2, 0.25) is 5.02 Å². The van der Waals surface area contributed by atoms with E-state index in [1.165, 1.54) is 6.08 Å². The molecule has 0 saturated heterocycles. The fourth-order valence-electron chi connectivity index (χ4n) is 2.33. The summed E-state index contributed by atoms with van der Waals surface area (Å²) in [5.41, 5.74) is 2.98. The molecule has 24 heavy (non-hydrogen) atoms. The number of hydrogen-bond donors (Lipinski definition) is 1. The largest absolute Gasteiger partial charge is 0.339 e. The molecule has 2 heterocycles. The first kappa shape index (κ1) is 15.9. The Morgan fingerprint density at radius 1 is 1.42 bits per heavy atom. The van der Waals surface area contributed by atoms with Crippen molar-refractivity contribution in [3.05, 3.63) is 64.6 Å². The van der Waals surface area contributed by atoms with E-state index in [1.807, 2.05) is 25.1 Å². The minimum atomic E-state index is -1.01. The number of hydrogen-bond acceptors (Lipinski definition) is 4. The summed E-state index contributed by atoms with van der Waals surface area (Å²) in [6.07, 6.45) is 4.64. The molecule has 0 bridgehead atoms. The Morgan fingerprint density at radius 2 is 2.25 bits per heavy atom. The van der Waals surface area contributed by atoms with E-state index in [4.69, 9.17) is 11.6 Å². The average Bonchev–Trinajstić information content (AvgIpc) is 2.99. The molecular formula is C18H13ClN4O. The van der Waals surface area contributed by atoms with Crippen LogP contribution in [-0.2, 0) is 4.79 Å². The molecule has 0 unspecified atom stereocenters. The summed E-state index contributed by atoms with van der Waals surface area (Å²) in [4.78, 5) is 23.8. The highest BCUT2D eigenvalue weighted by Gasteiger charge is 2.22. The van der Waals surface area contributed by atoms with E-state index in [-0.39, 0.29) is 5.78 Å².